The van der Waals surface area contributed by atoms with E-state index in [0.29, 0.717) is 67.8 Å². The zero-order valence-electron chi connectivity index (χ0n) is 17.4. The van der Waals surface area contributed by atoms with Gasteiger partial charge in [-0.1, -0.05) is 29.3 Å². The van der Waals surface area contributed by atoms with Crippen molar-refractivity contribution < 1.29 is 22.7 Å². The molecule has 0 aromatic heterocycles. The standard InChI is InChI=1S/C20H27Cl2N3O5S/c1-2-30-20(27)24-11-9-23(10-12-24)19(26)15-5-4-8-25(13-15)31(28,29)14-16-17(21)6-3-7-18(16)22/h3,6-7,15H,2,4-5,8-14H2,1H3/t15-/m1/s1. The minimum atomic E-state index is -3.68. The first kappa shape index (κ1) is 24.1. The minimum Gasteiger partial charge on any atom is -0.450 e. The van der Waals surface area contributed by atoms with E-state index in [0.717, 1.165) is 0 Å². The number of amides is 2. The third-order valence-corrected chi connectivity index (χ3v) is 8.11. The normalized spacial score (nSPS) is 20.5. The highest BCUT2D eigenvalue weighted by Gasteiger charge is 2.36. The highest BCUT2D eigenvalue weighted by atomic mass is 35.5. The van der Waals surface area contributed by atoms with Gasteiger partial charge in [-0.05, 0) is 31.9 Å². The van der Waals surface area contributed by atoms with Gasteiger partial charge in [-0.15, -0.1) is 0 Å². The predicted octanol–water partition coefficient (Wildman–Crippen LogP) is 2.84. The lowest BCUT2D eigenvalue weighted by Gasteiger charge is -2.38. The molecule has 2 aliphatic heterocycles. The van der Waals surface area contributed by atoms with Crippen molar-refractivity contribution in [2.45, 2.75) is 25.5 Å². The Morgan fingerprint density at radius 2 is 1.68 bits per heavy atom. The molecule has 172 valence electrons. The zero-order valence-corrected chi connectivity index (χ0v) is 19.8. The van der Waals surface area contributed by atoms with Gasteiger partial charge < -0.3 is 14.5 Å². The molecule has 31 heavy (non-hydrogen) atoms. The molecule has 1 atom stereocenters. The van der Waals surface area contributed by atoms with Crippen LogP contribution in [0, 0.1) is 5.92 Å². The molecule has 0 bridgehead atoms. The van der Waals surface area contributed by atoms with Crippen LogP contribution in [0.2, 0.25) is 10.0 Å². The van der Waals surface area contributed by atoms with E-state index in [1.54, 1.807) is 34.9 Å². The fraction of sp³-hybridized carbons (Fsp3) is 0.600. The summed E-state index contributed by atoms with van der Waals surface area (Å²) >= 11 is 12.3. The summed E-state index contributed by atoms with van der Waals surface area (Å²) < 4.78 is 32.4. The number of benzene rings is 1. The van der Waals surface area contributed by atoms with Crippen LogP contribution in [0.15, 0.2) is 18.2 Å². The fourth-order valence-corrected chi connectivity index (χ4v) is 6.29. The number of carbonyl (C=O) groups excluding carboxylic acids is 2. The highest BCUT2D eigenvalue weighted by molar-refractivity contribution is 7.88. The third-order valence-electron chi connectivity index (χ3n) is 5.63. The first-order chi connectivity index (χ1) is 14.7. The van der Waals surface area contributed by atoms with Crippen molar-refractivity contribution in [2.24, 2.45) is 5.92 Å². The van der Waals surface area contributed by atoms with Crippen LogP contribution in [-0.2, 0) is 25.3 Å². The Hall–Kier alpha value is -1.55. The molecule has 0 saturated carbocycles. The van der Waals surface area contributed by atoms with Crippen LogP contribution in [0.25, 0.3) is 0 Å². The van der Waals surface area contributed by atoms with Crippen LogP contribution in [0.1, 0.15) is 25.3 Å². The van der Waals surface area contributed by atoms with Crippen molar-refractivity contribution in [2.75, 3.05) is 45.9 Å². The maximum absolute atomic E-state index is 13.0. The second kappa shape index (κ2) is 10.4. The summed E-state index contributed by atoms with van der Waals surface area (Å²) in [6, 6.07) is 4.88. The molecule has 2 fully saturated rings. The SMILES string of the molecule is CCOC(=O)N1CCN(C(=O)[C@@H]2CCCN(S(=O)(=O)Cc3c(Cl)cccc3Cl)C2)CC1. The molecule has 0 spiro atoms. The van der Waals surface area contributed by atoms with Gasteiger partial charge in [0, 0.05) is 54.9 Å². The van der Waals surface area contributed by atoms with Crippen LogP contribution < -0.4 is 0 Å². The van der Waals surface area contributed by atoms with E-state index in [1.165, 1.54) is 4.31 Å². The van der Waals surface area contributed by atoms with E-state index in [2.05, 4.69) is 0 Å². The van der Waals surface area contributed by atoms with E-state index in [-0.39, 0.29) is 24.3 Å². The third kappa shape index (κ3) is 5.83. The Labute approximate surface area is 193 Å². The molecular weight excluding hydrogens is 465 g/mol. The molecule has 3 rings (SSSR count). The summed E-state index contributed by atoms with van der Waals surface area (Å²) in [7, 11) is -3.68. The molecule has 0 unspecified atom stereocenters. The number of hydrogen-bond donors (Lipinski definition) is 0. The minimum absolute atomic E-state index is 0.0702. The number of piperazine rings is 1. The topological polar surface area (TPSA) is 87.2 Å². The second-order valence-electron chi connectivity index (χ2n) is 7.66. The van der Waals surface area contributed by atoms with Gasteiger partial charge in [-0.2, -0.15) is 0 Å². The Kier molecular flexibility index (Phi) is 8.07. The first-order valence-electron chi connectivity index (χ1n) is 10.3. The molecule has 0 aliphatic carbocycles. The maximum atomic E-state index is 13.0. The van der Waals surface area contributed by atoms with Crippen LogP contribution in [0.3, 0.4) is 0 Å². The van der Waals surface area contributed by atoms with E-state index in [4.69, 9.17) is 27.9 Å². The van der Waals surface area contributed by atoms with Crippen molar-refractivity contribution in [3.8, 4) is 0 Å². The lowest BCUT2D eigenvalue weighted by Crippen LogP contribution is -2.54. The lowest BCUT2D eigenvalue weighted by molar-refractivity contribution is -0.138. The number of sulfonamides is 1. The summed E-state index contributed by atoms with van der Waals surface area (Å²) in [4.78, 5) is 28.1. The van der Waals surface area contributed by atoms with Crippen LogP contribution in [0.5, 0.6) is 0 Å². The second-order valence-corrected chi connectivity index (χ2v) is 10.4. The molecule has 1 aromatic carbocycles. The van der Waals surface area contributed by atoms with Crippen molar-refractivity contribution in [1.82, 2.24) is 14.1 Å². The van der Waals surface area contributed by atoms with Gasteiger partial charge in [0.25, 0.3) is 0 Å². The molecule has 2 aliphatic rings. The Morgan fingerprint density at radius 1 is 1.06 bits per heavy atom. The molecular formula is C20H27Cl2N3O5S. The summed E-state index contributed by atoms with van der Waals surface area (Å²) in [6.07, 6.45) is 0.868. The number of nitrogens with zero attached hydrogens (tertiary/aromatic N) is 3. The average Bonchev–Trinajstić information content (AvgIpc) is 2.76. The fourth-order valence-electron chi connectivity index (χ4n) is 3.92. The summed E-state index contributed by atoms with van der Waals surface area (Å²) in [5.74, 6) is -0.775. The Bertz CT molecular complexity index is 899. The number of rotatable bonds is 5. The number of ether oxygens (including phenoxy) is 1. The van der Waals surface area contributed by atoms with Gasteiger partial charge in [0.05, 0.1) is 18.3 Å². The molecule has 0 radical (unpaired) electrons. The molecule has 8 nitrogen and oxygen atoms in total. The average molecular weight is 492 g/mol. The van der Waals surface area contributed by atoms with Crippen molar-refractivity contribution in [3.63, 3.8) is 0 Å². The molecule has 1 aromatic rings. The van der Waals surface area contributed by atoms with Crippen LogP contribution in [-0.4, -0.2) is 80.4 Å². The number of piperidine rings is 1. The molecule has 2 heterocycles. The number of halogens is 2. The van der Waals surface area contributed by atoms with Crippen molar-refractivity contribution >= 4 is 45.2 Å². The summed E-state index contributed by atoms with van der Waals surface area (Å²) in [6.45, 7) is 4.21. The first-order valence-corrected chi connectivity index (χ1v) is 12.7. The monoisotopic (exact) mass is 491 g/mol. The van der Waals surface area contributed by atoms with Crippen molar-refractivity contribution in [1.29, 1.82) is 0 Å². The van der Waals surface area contributed by atoms with Gasteiger partial charge in [0.1, 0.15) is 0 Å². The molecule has 0 N–H and O–H groups in total. The largest absolute Gasteiger partial charge is 0.450 e. The van der Waals surface area contributed by atoms with Crippen molar-refractivity contribution in [3.05, 3.63) is 33.8 Å². The molecule has 2 saturated heterocycles. The van der Waals surface area contributed by atoms with Gasteiger partial charge in [-0.25, -0.2) is 17.5 Å². The highest BCUT2D eigenvalue weighted by Crippen LogP contribution is 2.29. The smallest absolute Gasteiger partial charge is 0.409 e. The van der Waals surface area contributed by atoms with Gasteiger partial charge in [0.15, 0.2) is 0 Å². The Morgan fingerprint density at radius 3 is 2.29 bits per heavy atom. The van der Waals surface area contributed by atoms with E-state index < -0.39 is 15.9 Å². The summed E-state index contributed by atoms with van der Waals surface area (Å²) in [5, 5.41) is 0.611. The zero-order chi connectivity index (χ0) is 22.6. The predicted molar refractivity (Wildman–Crippen MR) is 119 cm³/mol. The quantitative estimate of drug-likeness (QED) is 0.631. The van der Waals surface area contributed by atoms with E-state index in [1.807, 2.05) is 0 Å². The van der Waals surface area contributed by atoms with Crippen LogP contribution in [0.4, 0.5) is 4.79 Å². The molecule has 2 amide bonds. The maximum Gasteiger partial charge on any atom is 0.409 e. The lowest BCUT2D eigenvalue weighted by atomic mass is 9.98. The van der Waals surface area contributed by atoms with Gasteiger partial charge >= 0.3 is 6.09 Å². The van der Waals surface area contributed by atoms with E-state index >= 15 is 0 Å². The Balaban J connectivity index is 1.61. The van der Waals surface area contributed by atoms with Crippen LogP contribution >= 0.6 is 23.2 Å². The van der Waals surface area contributed by atoms with Gasteiger partial charge in [0.2, 0.25) is 15.9 Å². The van der Waals surface area contributed by atoms with Gasteiger partial charge in [-0.3, -0.25) is 4.79 Å². The number of carbonyl (C=O) groups is 2. The van der Waals surface area contributed by atoms with E-state index in [9.17, 15) is 18.0 Å². The summed E-state index contributed by atoms with van der Waals surface area (Å²) in [5.41, 5.74) is 0.370. The number of hydrogen-bond acceptors (Lipinski definition) is 5. The molecule has 11 heteroatoms.